The monoisotopic (exact) mass is 479 g/mol. The number of anilines is 1. The van der Waals surface area contributed by atoms with Crippen LogP contribution in [0.3, 0.4) is 0 Å². The summed E-state index contributed by atoms with van der Waals surface area (Å²) in [5.74, 6) is -1.74. The standard InChI is InChI=1S/C18H15Br2N3O3/c1-2-26-18(25)16(22-21)17(24)23(11-12-6-4-3-5-7-12)15-9-13(19)8-14(20)10-15/h3-10H,2,11H2,1H3. The van der Waals surface area contributed by atoms with Crippen molar-refractivity contribution in [1.29, 1.82) is 0 Å². The van der Waals surface area contributed by atoms with Gasteiger partial charge in [-0.15, -0.1) is 0 Å². The Bertz CT molecular complexity index is 845. The minimum Gasteiger partial charge on any atom is -0.457 e. The van der Waals surface area contributed by atoms with Crippen LogP contribution in [0.5, 0.6) is 0 Å². The highest BCUT2D eigenvalue weighted by atomic mass is 79.9. The zero-order chi connectivity index (χ0) is 19.1. The van der Waals surface area contributed by atoms with E-state index < -0.39 is 17.6 Å². The average Bonchev–Trinajstić information content (AvgIpc) is 2.60. The quantitative estimate of drug-likeness (QED) is 0.206. The number of amides is 1. The van der Waals surface area contributed by atoms with Gasteiger partial charge in [0, 0.05) is 14.6 Å². The molecule has 0 radical (unpaired) electrons. The van der Waals surface area contributed by atoms with Gasteiger partial charge in [-0.05, 0) is 30.7 Å². The van der Waals surface area contributed by atoms with Gasteiger partial charge in [0.2, 0.25) is 0 Å². The summed E-state index contributed by atoms with van der Waals surface area (Å²) in [4.78, 5) is 29.1. The first-order valence-electron chi connectivity index (χ1n) is 7.67. The number of rotatable bonds is 6. The number of carbonyl (C=O) groups is 2. The molecule has 6 nitrogen and oxygen atoms in total. The fourth-order valence-corrected chi connectivity index (χ4v) is 3.51. The molecule has 0 fully saturated rings. The Morgan fingerprint density at radius 3 is 2.27 bits per heavy atom. The highest BCUT2D eigenvalue weighted by Crippen LogP contribution is 2.27. The number of benzene rings is 2. The predicted molar refractivity (Wildman–Crippen MR) is 105 cm³/mol. The van der Waals surface area contributed by atoms with E-state index in [9.17, 15) is 15.1 Å². The average molecular weight is 481 g/mol. The summed E-state index contributed by atoms with van der Waals surface area (Å²) in [5, 5.41) is 0. The minimum absolute atomic E-state index is 0.0618. The van der Waals surface area contributed by atoms with Gasteiger partial charge in [0.15, 0.2) is 0 Å². The van der Waals surface area contributed by atoms with Gasteiger partial charge >= 0.3 is 17.6 Å². The molecule has 0 N–H and O–H groups in total. The van der Waals surface area contributed by atoms with Gasteiger partial charge in [-0.3, -0.25) is 9.69 Å². The number of carbonyl (C=O) groups excluding carboxylic acids is 2. The number of hydrogen-bond acceptors (Lipinski definition) is 3. The number of halogens is 2. The van der Waals surface area contributed by atoms with E-state index in [1.165, 1.54) is 4.90 Å². The summed E-state index contributed by atoms with van der Waals surface area (Å²) < 4.78 is 6.29. The fraction of sp³-hybridized carbons (Fsp3) is 0.167. The zero-order valence-corrected chi connectivity index (χ0v) is 17.0. The lowest BCUT2D eigenvalue weighted by Gasteiger charge is -2.21. The van der Waals surface area contributed by atoms with Gasteiger partial charge in [0.05, 0.1) is 13.2 Å². The first-order chi connectivity index (χ1) is 12.5. The van der Waals surface area contributed by atoms with E-state index in [0.717, 1.165) is 14.5 Å². The smallest absolute Gasteiger partial charge is 0.457 e. The van der Waals surface area contributed by atoms with Gasteiger partial charge in [0.1, 0.15) is 0 Å². The number of nitrogens with zero attached hydrogens (tertiary/aromatic N) is 3. The molecule has 0 saturated heterocycles. The van der Waals surface area contributed by atoms with Crippen LogP contribution in [0.15, 0.2) is 57.5 Å². The molecule has 1 amide bonds. The fourth-order valence-electron chi connectivity index (χ4n) is 2.24. The molecule has 0 aliphatic carbocycles. The van der Waals surface area contributed by atoms with E-state index in [4.69, 9.17) is 4.74 Å². The highest BCUT2D eigenvalue weighted by molar-refractivity contribution is 9.11. The Morgan fingerprint density at radius 1 is 1.12 bits per heavy atom. The molecule has 0 aromatic heterocycles. The van der Waals surface area contributed by atoms with Crippen LogP contribution in [0.25, 0.3) is 5.53 Å². The van der Waals surface area contributed by atoms with Crippen molar-refractivity contribution in [3.05, 3.63) is 68.6 Å². The molecule has 0 heterocycles. The molecular weight excluding hydrogens is 466 g/mol. The van der Waals surface area contributed by atoms with Crippen molar-refractivity contribution in [3.63, 3.8) is 0 Å². The lowest BCUT2D eigenvalue weighted by Crippen LogP contribution is -2.41. The molecule has 0 spiro atoms. The largest absolute Gasteiger partial charge is 0.463 e. The molecule has 0 bridgehead atoms. The molecule has 2 rings (SSSR count). The Hall–Kier alpha value is -2.28. The maximum Gasteiger partial charge on any atom is 0.463 e. The third-order valence-corrected chi connectivity index (χ3v) is 4.27. The molecule has 26 heavy (non-hydrogen) atoms. The van der Waals surface area contributed by atoms with E-state index in [2.05, 4.69) is 36.6 Å². The van der Waals surface area contributed by atoms with Crippen molar-refractivity contribution < 1.29 is 19.1 Å². The molecule has 0 unspecified atom stereocenters. The SMILES string of the molecule is CCOC(=O)C(=[N+]=[N-])C(=O)N(Cc1ccccc1)c1cc(Br)cc(Br)c1. The summed E-state index contributed by atoms with van der Waals surface area (Å²) in [6.45, 7) is 1.85. The minimum atomic E-state index is -0.980. The first-order valence-corrected chi connectivity index (χ1v) is 9.26. The second-order valence-electron chi connectivity index (χ2n) is 5.17. The normalized spacial score (nSPS) is 9.96. The number of esters is 1. The third kappa shape index (κ3) is 5.11. The van der Waals surface area contributed by atoms with Crippen molar-refractivity contribution in [1.82, 2.24) is 0 Å². The van der Waals surface area contributed by atoms with Crippen LogP contribution in [0.4, 0.5) is 5.69 Å². The van der Waals surface area contributed by atoms with Crippen LogP contribution in [0, 0.1) is 0 Å². The summed E-state index contributed by atoms with van der Waals surface area (Å²) in [7, 11) is 0. The van der Waals surface area contributed by atoms with Gasteiger partial charge in [-0.1, -0.05) is 62.2 Å². The predicted octanol–water partition coefficient (Wildman–Crippen LogP) is 3.98. The van der Waals surface area contributed by atoms with Crippen LogP contribution in [0.2, 0.25) is 0 Å². The van der Waals surface area contributed by atoms with Crippen LogP contribution in [-0.2, 0) is 20.9 Å². The summed E-state index contributed by atoms with van der Waals surface area (Å²) >= 11 is 6.77. The molecule has 2 aromatic carbocycles. The molecule has 0 aliphatic heterocycles. The lowest BCUT2D eigenvalue weighted by molar-refractivity contribution is -0.141. The van der Waals surface area contributed by atoms with Crippen molar-refractivity contribution in [3.8, 4) is 0 Å². The molecule has 2 aromatic rings. The van der Waals surface area contributed by atoms with Crippen molar-refractivity contribution in [2.24, 2.45) is 0 Å². The number of ether oxygens (including phenoxy) is 1. The maximum absolute atomic E-state index is 12.9. The van der Waals surface area contributed by atoms with Crippen LogP contribution >= 0.6 is 31.9 Å². The van der Waals surface area contributed by atoms with Crippen LogP contribution in [-0.4, -0.2) is 29.0 Å². The molecule has 0 atom stereocenters. The Morgan fingerprint density at radius 2 is 1.73 bits per heavy atom. The van der Waals surface area contributed by atoms with Crippen LogP contribution in [0.1, 0.15) is 12.5 Å². The van der Waals surface area contributed by atoms with Crippen LogP contribution < -0.4 is 4.90 Å². The van der Waals surface area contributed by atoms with Crippen molar-refractivity contribution in [2.75, 3.05) is 11.5 Å². The van der Waals surface area contributed by atoms with E-state index in [1.54, 1.807) is 19.1 Å². The van der Waals surface area contributed by atoms with Gasteiger partial charge in [-0.25, -0.2) is 4.79 Å². The Kier molecular flexibility index (Phi) is 7.26. The van der Waals surface area contributed by atoms with Gasteiger partial charge < -0.3 is 10.3 Å². The lowest BCUT2D eigenvalue weighted by atomic mass is 10.1. The van der Waals surface area contributed by atoms with E-state index in [0.29, 0.717) is 5.69 Å². The molecule has 0 aliphatic rings. The van der Waals surface area contributed by atoms with E-state index in [1.807, 2.05) is 36.4 Å². The molecule has 8 heteroatoms. The van der Waals surface area contributed by atoms with E-state index >= 15 is 0 Å². The Balaban J connectivity index is 2.47. The van der Waals surface area contributed by atoms with Crippen molar-refractivity contribution >= 4 is 55.1 Å². The topological polar surface area (TPSA) is 83.0 Å². The molecular formula is C18H15Br2N3O3. The zero-order valence-electron chi connectivity index (χ0n) is 13.9. The summed E-state index contributed by atoms with van der Waals surface area (Å²) in [6.07, 6.45) is 0. The van der Waals surface area contributed by atoms with Gasteiger partial charge in [0.25, 0.3) is 0 Å². The van der Waals surface area contributed by atoms with Crippen molar-refractivity contribution in [2.45, 2.75) is 13.5 Å². The molecule has 134 valence electrons. The third-order valence-electron chi connectivity index (χ3n) is 3.36. The molecule has 0 saturated carbocycles. The highest BCUT2D eigenvalue weighted by Gasteiger charge is 2.36. The maximum atomic E-state index is 12.9. The first kappa shape index (κ1) is 20.0. The number of hydrogen-bond donors (Lipinski definition) is 0. The second-order valence-corrected chi connectivity index (χ2v) is 7.00. The second kappa shape index (κ2) is 9.43. The summed E-state index contributed by atoms with van der Waals surface area (Å²) in [6, 6.07) is 14.5. The van der Waals surface area contributed by atoms with E-state index in [-0.39, 0.29) is 13.2 Å². The summed E-state index contributed by atoms with van der Waals surface area (Å²) in [5.41, 5.74) is 9.87. The Labute approximate surface area is 167 Å². The van der Waals surface area contributed by atoms with Gasteiger partial charge in [-0.2, -0.15) is 4.79 Å².